The molecular weight excluding hydrogens is 240 g/mol. The average Bonchev–Trinajstić information content (AvgIpc) is 2.98. The molecule has 0 amide bonds. The largest absolute Gasteiger partial charge is 0.497 e. The van der Waals surface area contributed by atoms with E-state index in [9.17, 15) is 0 Å². The lowest BCUT2D eigenvalue weighted by atomic mass is 9.92. The second-order valence-electron chi connectivity index (χ2n) is 4.88. The molecule has 1 fully saturated rings. The first kappa shape index (κ1) is 12.2. The third kappa shape index (κ3) is 2.49. The van der Waals surface area contributed by atoms with Crippen molar-refractivity contribution in [1.82, 2.24) is 10.5 Å². The SMILES string of the molecule is COc1ccc(-c2cnoc2C2CCCNC2)cc1. The predicted molar refractivity (Wildman–Crippen MR) is 73.3 cm³/mol. The maximum absolute atomic E-state index is 5.49. The highest BCUT2D eigenvalue weighted by Gasteiger charge is 2.23. The molecule has 1 aromatic carbocycles. The van der Waals surface area contributed by atoms with Gasteiger partial charge >= 0.3 is 0 Å². The lowest BCUT2D eigenvalue weighted by Crippen LogP contribution is -2.28. The predicted octanol–water partition coefficient (Wildman–Crippen LogP) is 2.82. The highest BCUT2D eigenvalue weighted by molar-refractivity contribution is 5.65. The molecule has 0 radical (unpaired) electrons. The minimum Gasteiger partial charge on any atom is -0.497 e. The maximum Gasteiger partial charge on any atom is 0.148 e. The van der Waals surface area contributed by atoms with Gasteiger partial charge in [0.15, 0.2) is 0 Å². The number of ether oxygens (including phenoxy) is 1. The van der Waals surface area contributed by atoms with Gasteiger partial charge in [0.1, 0.15) is 11.5 Å². The first-order chi connectivity index (χ1) is 9.38. The number of methoxy groups -OCH3 is 1. The van der Waals surface area contributed by atoms with Gasteiger partial charge in [0.05, 0.1) is 13.3 Å². The highest BCUT2D eigenvalue weighted by atomic mass is 16.5. The van der Waals surface area contributed by atoms with Crippen molar-refractivity contribution in [2.24, 2.45) is 0 Å². The molecule has 1 unspecified atom stereocenters. The first-order valence-electron chi connectivity index (χ1n) is 6.68. The summed E-state index contributed by atoms with van der Waals surface area (Å²) in [6.45, 7) is 2.07. The molecule has 1 aromatic heterocycles. The lowest BCUT2D eigenvalue weighted by molar-refractivity contribution is 0.330. The Labute approximate surface area is 112 Å². The van der Waals surface area contributed by atoms with E-state index in [0.29, 0.717) is 5.92 Å². The second-order valence-corrected chi connectivity index (χ2v) is 4.88. The normalized spacial score (nSPS) is 19.3. The Bertz CT molecular complexity index is 527. The van der Waals surface area contributed by atoms with Gasteiger partial charge in [0, 0.05) is 18.0 Å². The maximum atomic E-state index is 5.49. The van der Waals surface area contributed by atoms with Gasteiger partial charge in [-0.05, 0) is 37.1 Å². The van der Waals surface area contributed by atoms with Crippen LogP contribution in [0.4, 0.5) is 0 Å². The molecule has 1 N–H and O–H groups in total. The summed E-state index contributed by atoms with van der Waals surface area (Å²) < 4.78 is 10.7. The molecule has 0 bridgehead atoms. The van der Waals surface area contributed by atoms with Gasteiger partial charge < -0.3 is 14.6 Å². The van der Waals surface area contributed by atoms with Crippen molar-refractivity contribution in [3.8, 4) is 16.9 Å². The first-order valence-corrected chi connectivity index (χ1v) is 6.68. The molecule has 1 aliphatic rings. The van der Waals surface area contributed by atoms with Gasteiger partial charge in [-0.1, -0.05) is 17.3 Å². The van der Waals surface area contributed by atoms with E-state index in [0.717, 1.165) is 42.1 Å². The smallest absolute Gasteiger partial charge is 0.148 e. The molecule has 1 saturated heterocycles. The van der Waals surface area contributed by atoms with Crippen molar-refractivity contribution in [1.29, 1.82) is 0 Å². The summed E-state index contributed by atoms with van der Waals surface area (Å²) in [5, 5.41) is 7.39. The third-order valence-corrected chi connectivity index (χ3v) is 3.67. The molecule has 100 valence electrons. The summed E-state index contributed by atoms with van der Waals surface area (Å²) in [5.41, 5.74) is 2.22. The fraction of sp³-hybridized carbons (Fsp3) is 0.400. The number of hydrogen-bond acceptors (Lipinski definition) is 4. The number of benzene rings is 1. The number of nitrogens with zero attached hydrogens (tertiary/aromatic N) is 1. The molecule has 0 saturated carbocycles. The van der Waals surface area contributed by atoms with E-state index in [4.69, 9.17) is 9.26 Å². The summed E-state index contributed by atoms with van der Waals surface area (Å²) in [6.07, 6.45) is 4.16. The average molecular weight is 258 g/mol. The van der Waals surface area contributed by atoms with Gasteiger partial charge in [-0.15, -0.1) is 0 Å². The summed E-state index contributed by atoms with van der Waals surface area (Å²) in [5.74, 6) is 2.28. The number of aromatic nitrogens is 1. The van der Waals surface area contributed by atoms with Crippen molar-refractivity contribution in [3.63, 3.8) is 0 Å². The van der Waals surface area contributed by atoms with Crippen molar-refractivity contribution >= 4 is 0 Å². The van der Waals surface area contributed by atoms with Crippen LogP contribution in [-0.4, -0.2) is 25.4 Å². The van der Waals surface area contributed by atoms with Gasteiger partial charge in [-0.25, -0.2) is 0 Å². The summed E-state index contributed by atoms with van der Waals surface area (Å²) in [6, 6.07) is 8.02. The number of rotatable bonds is 3. The van der Waals surface area contributed by atoms with E-state index in [1.54, 1.807) is 7.11 Å². The molecule has 2 heterocycles. The van der Waals surface area contributed by atoms with Crippen LogP contribution in [-0.2, 0) is 0 Å². The van der Waals surface area contributed by atoms with Crippen molar-refractivity contribution in [3.05, 3.63) is 36.2 Å². The van der Waals surface area contributed by atoms with E-state index < -0.39 is 0 Å². The Hall–Kier alpha value is -1.81. The molecule has 19 heavy (non-hydrogen) atoms. The Balaban J connectivity index is 1.89. The highest BCUT2D eigenvalue weighted by Crippen LogP contribution is 2.33. The van der Waals surface area contributed by atoms with Crippen LogP contribution < -0.4 is 10.1 Å². The zero-order valence-electron chi connectivity index (χ0n) is 11.1. The molecule has 3 rings (SSSR count). The van der Waals surface area contributed by atoms with Crippen LogP contribution >= 0.6 is 0 Å². The van der Waals surface area contributed by atoms with Gasteiger partial charge in [0.25, 0.3) is 0 Å². The van der Waals surface area contributed by atoms with Crippen LogP contribution in [0.5, 0.6) is 5.75 Å². The van der Waals surface area contributed by atoms with E-state index in [2.05, 4.69) is 10.5 Å². The molecule has 4 heteroatoms. The Morgan fingerprint density at radius 1 is 1.32 bits per heavy atom. The lowest BCUT2D eigenvalue weighted by Gasteiger charge is -2.21. The van der Waals surface area contributed by atoms with Crippen LogP contribution in [0.3, 0.4) is 0 Å². The van der Waals surface area contributed by atoms with E-state index in [1.165, 1.54) is 6.42 Å². The van der Waals surface area contributed by atoms with Crippen LogP contribution in [0.15, 0.2) is 35.0 Å². The van der Waals surface area contributed by atoms with Crippen molar-refractivity contribution in [2.45, 2.75) is 18.8 Å². The van der Waals surface area contributed by atoms with E-state index in [-0.39, 0.29) is 0 Å². The number of nitrogens with one attached hydrogen (secondary N) is 1. The number of hydrogen-bond donors (Lipinski definition) is 1. The van der Waals surface area contributed by atoms with Gasteiger partial charge in [0.2, 0.25) is 0 Å². The van der Waals surface area contributed by atoms with Crippen molar-refractivity contribution < 1.29 is 9.26 Å². The Morgan fingerprint density at radius 2 is 2.16 bits per heavy atom. The zero-order valence-corrected chi connectivity index (χ0v) is 11.1. The minimum atomic E-state index is 0.424. The van der Waals surface area contributed by atoms with Crippen LogP contribution in [0, 0.1) is 0 Å². The van der Waals surface area contributed by atoms with Crippen LogP contribution in [0.2, 0.25) is 0 Å². The number of piperidine rings is 1. The Kier molecular flexibility index (Phi) is 3.51. The topological polar surface area (TPSA) is 47.3 Å². The fourth-order valence-electron chi connectivity index (χ4n) is 2.61. The standard InChI is InChI=1S/C15H18N2O2/c1-18-13-6-4-11(5-7-13)14-10-17-19-15(14)12-3-2-8-16-9-12/h4-7,10,12,16H,2-3,8-9H2,1H3. The van der Waals surface area contributed by atoms with Gasteiger partial charge in [-0.2, -0.15) is 0 Å². The summed E-state index contributed by atoms with van der Waals surface area (Å²) in [7, 11) is 1.67. The van der Waals surface area contributed by atoms with Gasteiger partial charge in [-0.3, -0.25) is 0 Å². The molecular formula is C15H18N2O2. The molecule has 2 aromatic rings. The molecule has 1 atom stereocenters. The molecule has 1 aliphatic heterocycles. The third-order valence-electron chi connectivity index (χ3n) is 3.67. The fourth-order valence-corrected chi connectivity index (χ4v) is 2.61. The second kappa shape index (κ2) is 5.45. The minimum absolute atomic E-state index is 0.424. The summed E-state index contributed by atoms with van der Waals surface area (Å²) in [4.78, 5) is 0. The summed E-state index contributed by atoms with van der Waals surface area (Å²) >= 11 is 0. The van der Waals surface area contributed by atoms with Crippen molar-refractivity contribution in [2.75, 3.05) is 20.2 Å². The zero-order chi connectivity index (χ0) is 13.1. The van der Waals surface area contributed by atoms with E-state index >= 15 is 0 Å². The molecule has 4 nitrogen and oxygen atoms in total. The van der Waals surface area contributed by atoms with Crippen LogP contribution in [0.25, 0.3) is 11.1 Å². The van der Waals surface area contributed by atoms with Crippen LogP contribution in [0.1, 0.15) is 24.5 Å². The quantitative estimate of drug-likeness (QED) is 0.919. The Morgan fingerprint density at radius 3 is 2.84 bits per heavy atom. The molecule has 0 aliphatic carbocycles. The monoisotopic (exact) mass is 258 g/mol. The van der Waals surface area contributed by atoms with E-state index in [1.807, 2.05) is 30.5 Å². The molecule has 0 spiro atoms.